The Bertz CT molecular complexity index is 1350. The molecule has 4 rings (SSSR count). The van der Waals surface area contributed by atoms with E-state index in [9.17, 15) is 17.6 Å². The molecule has 0 aliphatic rings. The number of anilines is 2. The number of halogens is 1. The first-order chi connectivity index (χ1) is 15.9. The number of carbonyl (C=O) groups excluding carboxylic acids is 1. The second-order valence-electron chi connectivity index (χ2n) is 7.28. The maximum atomic E-state index is 13.1. The van der Waals surface area contributed by atoms with E-state index < -0.39 is 15.8 Å². The van der Waals surface area contributed by atoms with Gasteiger partial charge in [0.2, 0.25) is 5.91 Å². The summed E-state index contributed by atoms with van der Waals surface area (Å²) in [5.41, 5.74) is 2.37. The number of hydrogen-bond acceptors (Lipinski definition) is 4. The molecule has 7 nitrogen and oxygen atoms in total. The number of carbonyl (C=O) groups is 1. The lowest BCUT2D eigenvalue weighted by Gasteiger charge is -2.13. The highest BCUT2D eigenvalue weighted by molar-refractivity contribution is 7.92. The zero-order valence-electron chi connectivity index (χ0n) is 17.5. The van der Waals surface area contributed by atoms with Gasteiger partial charge in [0, 0.05) is 12.6 Å². The van der Waals surface area contributed by atoms with Crippen LogP contribution in [0, 0.1) is 5.82 Å². The van der Waals surface area contributed by atoms with E-state index in [1.165, 1.54) is 12.1 Å². The molecule has 1 heterocycles. The fourth-order valence-electron chi connectivity index (χ4n) is 3.18. The van der Waals surface area contributed by atoms with E-state index in [0.29, 0.717) is 12.1 Å². The van der Waals surface area contributed by atoms with Crippen molar-refractivity contribution >= 4 is 27.3 Å². The van der Waals surface area contributed by atoms with E-state index in [4.69, 9.17) is 0 Å². The highest BCUT2D eigenvalue weighted by Crippen LogP contribution is 2.25. The lowest BCUT2D eigenvalue weighted by atomic mass is 10.2. The van der Waals surface area contributed by atoms with Crippen molar-refractivity contribution in [2.24, 2.45) is 0 Å². The van der Waals surface area contributed by atoms with Crippen LogP contribution in [-0.2, 0) is 21.2 Å². The molecule has 3 aromatic carbocycles. The number of benzene rings is 3. The van der Waals surface area contributed by atoms with Crippen LogP contribution < -0.4 is 10.0 Å². The number of nitrogens with one attached hydrogen (secondary N) is 2. The fourth-order valence-corrected chi connectivity index (χ4v) is 4.26. The van der Waals surface area contributed by atoms with Crippen molar-refractivity contribution in [2.75, 3.05) is 10.0 Å². The first-order valence-electron chi connectivity index (χ1n) is 10.2. The molecular formula is C24H21FN4O3S. The van der Waals surface area contributed by atoms with Gasteiger partial charge in [0.1, 0.15) is 5.82 Å². The lowest BCUT2D eigenvalue weighted by molar-refractivity contribution is -0.116. The van der Waals surface area contributed by atoms with Crippen LogP contribution >= 0.6 is 0 Å². The molecule has 2 N–H and O–H groups in total. The predicted octanol–water partition coefficient (Wildman–Crippen LogP) is 4.38. The van der Waals surface area contributed by atoms with Gasteiger partial charge in [-0.1, -0.05) is 30.3 Å². The van der Waals surface area contributed by atoms with Crippen molar-refractivity contribution in [3.05, 3.63) is 103 Å². The van der Waals surface area contributed by atoms with Crippen LogP contribution in [0.25, 0.3) is 5.69 Å². The zero-order chi connectivity index (χ0) is 23.3. The standard InChI is InChI=1S/C24H21FN4O3S/c25-19-11-13-21(14-12-19)33(31,32)28-23-9-5-4-8-22(23)27-24(30)15-10-18-16-26-29(17-18)20-6-2-1-3-7-20/h1-9,11-14,16-17,28H,10,15H2,(H,27,30). The lowest BCUT2D eigenvalue weighted by Crippen LogP contribution is -2.17. The number of amides is 1. The zero-order valence-corrected chi connectivity index (χ0v) is 18.3. The summed E-state index contributed by atoms with van der Waals surface area (Å²) in [7, 11) is -3.95. The minimum Gasteiger partial charge on any atom is -0.324 e. The molecule has 0 aliphatic heterocycles. The molecule has 0 saturated carbocycles. The second kappa shape index (κ2) is 9.66. The molecule has 1 amide bonds. The van der Waals surface area contributed by atoms with Crippen molar-refractivity contribution in [3.63, 3.8) is 0 Å². The van der Waals surface area contributed by atoms with E-state index in [1.54, 1.807) is 35.1 Å². The van der Waals surface area contributed by atoms with E-state index in [-0.39, 0.29) is 22.9 Å². The van der Waals surface area contributed by atoms with Gasteiger partial charge in [0.05, 0.1) is 28.2 Å². The number of sulfonamides is 1. The van der Waals surface area contributed by atoms with Crippen molar-refractivity contribution < 1.29 is 17.6 Å². The van der Waals surface area contributed by atoms with E-state index in [1.807, 2.05) is 36.5 Å². The Balaban J connectivity index is 1.40. The van der Waals surface area contributed by atoms with Crippen molar-refractivity contribution in [2.45, 2.75) is 17.7 Å². The Morgan fingerprint density at radius 3 is 2.30 bits per heavy atom. The molecule has 0 fully saturated rings. The number of para-hydroxylation sites is 3. The minimum atomic E-state index is -3.95. The quantitative estimate of drug-likeness (QED) is 0.405. The molecule has 9 heteroatoms. The summed E-state index contributed by atoms with van der Waals surface area (Å²) in [6, 6.07) is 20.6. The molecule has 0 spiro atoms. The third-order valence-electron chi connectivity index (χ3n) is 4.87. The Morgan fingerprint density at radius 2 is 1.58 bits per heavy atom. The van der Waals surface area contributed by atoms with Crippen molar-refractivity contribution in [1.29, 1.82) is 0 Å². The van der Waals surface area contributed by atoms with Crippen LogP contribution in [0.15, 0.2) is 96.2 Å². The number of aromatic nitrogens is 2. The van der Waals surface area contributed by atoms with Gasteiger partial charge in [-0.25, -0.2) is 17.5 Å². The van der Waals surface area contributed by atoms with Crippen LogP contribution in [0.2, 0.25) is 0 Å². The highest BCUT2D eigenvalue weighted by Gasteiger charge is 2.17. The van der Waals surface area contributed by atoms with Gasteiger partial charge in [-0.15, -0.1) is 0 Å². The van der Waals surface area contributed by atoms with Gasteiger partial charge >= 0.3 is 0 Å². The van der Waals surface area contributed by atoms with Crippen LogP contribution in [0.5, 0.6) is 0 Å². The Labute approximate surface area is 190 Å². The second-order valence-corrected chi connectivity index (χ2v) is 8.96. The first kappa shape index (κ1) is 22.2. The number of nitrogens with zero attached hydrogens (tertiary/aromatic N) is 2. The monoisotopic (exact) mass is 464 g/mol. The number of rotatable bonds is 8. The predicted molar refractivity (Wildman–Crippen MR) is 124 cm³/mol. The number of aryl methyl sites for hydroxylation is 1. The molecule has 0 atom stereocenters. The topological polar surface area (TPSA) is 93.1 Å². The van der Waals surface area contributed by atoms with E-state index in [2.05, 4.69) is 15.1 Å². The summed E-state index contributed by atoms with van der Waals surface area (Å²) in [5, 5.41) is 7.07. The maximum Gasteiger partial charge on any atom is 0.261 e. The molecule has 33 heavy (non-hydrogen) atoms. The van der Waals surface area contributed by atoms with Crippen LogP contribution in [0.1, 0.15) is 12.0 Å². The SMILES string of the molecule is O=C(CCc1cnn(-c2ccccc2)c1)Nc1ccccc1NS(=O)(=O)c1ccc(F)cc1. The average Bonchev–Trinajstić information content (AvgIpc) is 3.29. The molecule has 0 aliphatic carbocycles. The summed E-state index contributed by atoms with van der Waals surface area (Å²) < 4.78 is 42.6. The first-order valence-corrected chi connectivity index (χ1v) is 11.7. The Hall–Kier alpha value is -3.98. The van der Waals surface area contributed by atoms with Gasteiger partial charge in [-0.05, 0) is 60.5 Å². The molecule has 168 valence electrons. The van der Waals surface area contributed by atoms with Crippen LogP contribution in [0.3, 0.4) is 0 Å². The van der Waals surface area contributed by atoms with Gasteiger partial charge < -0.3 is 5.32 Å². The van der Waals surface area contributed by atoms with Crippen molar-refractivity contribution in [1.82, 2.24) is 9.78 Å². The van der Waals surface area contributed by atoms with E-state index >= 15 is 0 Å². The summed E-state index contributed by atoms with van der Waals surface area (Å²) >= 11 is 0. The van der Waals surface area contributed by atoms with Crippen LogP contribution in [-0.4, -0.2) is 24.1 Å². The molecule has 0 radical (unpaired) electrons. The Morgan fingerprint density at radius 1 is 0.909 bits per heavy atom. The minimum absolute atomic E-state index is 0.0829. The highest BCUT2D eigenvalue weighted by atomic mass is 32.2. The van der Waals surface area contributed by atoms with Crippen LogP contribution in [0.4, 0.5) is 15.8 Å². The smallest absolute Gasteiger partial charge is 0.261 e. The van der Waals surface area contributed by atoms with Gasteiger partial charge in [-0.3, -0.25) is 9.52 Å². The molecule has 0 bridgehead atoms. The third kappa shape index (κ3) is 5.64. The molecule has 4 aromatic rings. The summed E-state index contributed by atoms with van der Waals surface area (Å²) in [4.78, 5) is 12.4. The molecular weight excluding hydrogens is 443 g/mol. The van der Waals surface area contributed by atoms with Gasteiger partial charge in [0.25, 0.3) is 10.0 Å². The van der Waals surface area contributed by atoms with Gasteiger partial charge in [-0.2, -0.15) is 5.10 Å². The summed E-state index contributed by atoms with van der Waals surface area (Å²) in [6.07, 6.45) is 4.25. The fraction of sp³-hybridized carbons (Fsp3) is 0.0833. The normalized spacial score (nSPS) is 11.2. The van der Waals surface area contributed by atoms with E-state index in [0.717, 1.165) is 23.4 Å². The van der Waals surface area contributed by atoms with Crippen molar-refractivity contribution in [3.8, 4) is 5.69 Å². The number of hydrogen-bond donors (Lipinski definition) is 2. The summed E-state index contributed by atoms with van der Waals surface area (Å²) in [6.45, 7) is 0. The molecule has 1 aromatic heterocycles. The third-order valence-corrected chi connectivity index (χ3v) is 6.25. The van der Waals surface area contributed by atoms with Gasteiger partial charge in [0.15, 0.2) is 0 Å². The Kier molecular flexibility index (Phi) is 6.50. The maximum absolute atomic E-state index is 13.1. The molecule has 0 saturated heterocycles. The average molecular weight is 465 g/mol. The largest absolute Gasteiger partial charge is 0.324 e. The summed E-state index contributed by atoms with van der Waals surface area (Å²) in [5.74, 6) is -0.799. The molecule has 0 unspecified atom stereocenters.